The summed E-state index contributed by atoms with van der Waals surface area (Å²) < 4.78 is 0. The minimum absolute atomic E-state index is 0.0395. The maximum atomic E-state index is 11.6. The van der Waals surface area contributed by atoms with Crippen LogP contribution in [0.15, 0.2) is 30.3 Å². The summed E-state index contributed by atoms with van der Waals surface area (Å²) in [6.45, 7) is 2.91. The molecule has 2 rings (SSSR count). The topological polar surface area (TPSA) is 44.4 Å². The molecule has 2 amide bonds. The lowest BCUT2D eigenvalue weighted by molar-refractivity contribution is 0.200. The lowest BCUT2D eigenvalue weighted by Gasteiger charge is -2.22. The summed E-state index contributed by atoms with van der Waals surface area (Å²) in [5, 5.41) is 0. The molecule has 86 valence electrons. The minimum atomic E-state index is -0.0414. The van der Waals surface area contributed by atoms with E-state index < -0.39 is 0 Å². The van der Waals surface area contributed by atoms with Gasteiger partial charge < -0.3 is 4.90 Å². The van der Waals surface area contributed by atoms with E-state index in [1.807, 2.05) is 35.2 Å². The van der Waals surface area contributed by atoms with E-state index in [0.29, 0.717) is 0 Å². The van der Waals surface area contributed by atoms with E-state index in [1.165, 1.54) is 0 Å². The Morgan fingerprint density at radius 1 is 1.31 bits per heavy atom. The van der Waals surface area contributed by atoms with Crippen molar-refractivity contribution < 1.29 is 4.79 Å². The number of carbonyl (C=O) groups is 1. The van der Waals surface area contributed by atoms with Crippen LogP contribution in [0.3, 0.4) is 0 Å². The summed E-state index contributed by atoms with van der Waals surface area (Å²) in [6.07, 6.45) is 2.07. The fourth-order valence-electron chi connectivity index (χ4n) is 1.85. The number of amides is 2. The van der Waals surface area contributed by atoms with Crippen molar-refractivity contribution in [1.82, 2.24) is 15.8 Å². The summed E-state index contributed by atoms with van der Waals surface area (Å²) in [5.41, 5.74) is 6.78. The van der Waals surface area contributed by atoms with Crippen LogP contribution >= 0.6 is 0 Å². The lowest BCUT2D eigenvalue weighted by Crippen LogP contribution is -2.30. The van der Waals surface area contributed by atoms with Gasteiger partial charge in [0.15, 0.2) is 0 Å². The molecule has 0 spiro atoms. The molecule has 1 aromatic rings. The molecule has 1 atom stereocenters. The maximum absolute atomic E-state index is 11.6. The third-order valence-corrected chi connectivity index (χ3v) is 2.76. The van der Waals surface area contributed by atoms with Gasteiger partial charge in [0.25, 0.3) is 0 Å². The van der Waals surface area contributed by atoms with E-state index in [9.17, 15) is 4.79 Å². The molecule has 1 aliphatic rings. The molecule has 0 radical (unpaired) electrons. The molecular weight excluding hydrogens is 202 g/mol. The maximum Gasteiger partial charge on any atom is 0.333 e. The molecular formula is C12H17N3O. The minimum Gasteiger partial charge on any atom is -0.302 e. The van der Waals surface area contributed by atoms with Crippen molar-refractivity contribution in [2.45, 2.75) is 25.9 Å². The van der Waals surface area contributed by atoms with Crippen LogP contribution in [0, 0.1) is 0 Å². The van der Waals surface area contributed by atoms with Crippen LogP contribution in [0.25, 0.3) is 0 Å². The number of hydrazine groups is 1. The van der Waals surface area contributed by atoms with Crippen LogP contribution in [0.2, 0.25) is 0 Å². The van der Waals surface area contributed by atoms with Crippen LogP contribution in [0.1, 0.15) is 31.5 Å². The normalized spacial score (nSPS) is 19.9. The number of nitrogens with one attached hydrogen (secondary N) is 2. The number of rotatable bonds is 4. The van der Waals surface area contributed by atoms with Crippen LogP contribution in [-0.2, 0) is 0 Å². The fourth-order valence-corrected chi connectivity index (χ4v) is 1.85. The first kappa shape index (κ1) is 11.0. The van der Waals surface area contributed by atoms with Gasteiger partial charge in [0.1, 0.15) is 6.17 Å². The van der Waals surface area contributed by atoms with E-state index in [0.717, 1.165) is 24.9 Å². The van der Waals surface area contributed by atoms with Gasteiger partial charge in [-0.2, -0.15) is 0 Å². The molecule has 2 N–H and O–H groups in total. The van der Waals surface area contributed by atoms with E-state index in [-0.39, 0.29) is 12.2 Å². The smallest absolute Gasteiger partial charge is 0.302 e. The molecule has 0 saturated carbocycles. The van der Waals surface area contributed by atoms with E-state index in [1.54, 1.807) is 0 Å². The van der Waals surface area contributed by atoms with Gasteiger partial charge in [-0.25, -0.2) is 10.2 Å². The quantitative estimate of drug-likeness (QED) is 0.813. The van der Waals surface area contributed by atoms with Crippen LogP contribution < -0.4 is 10.9 Å². The van der Waals surface area contributed by atoms with Gasteiger partial charge in [-0.05, 0) is 12.0 Å². The van der Waals surface area contributed by atoms with Gasteiger partial charge in [-0.15, -0.1) is 0 Å². The number of urea groups is 1. The summed E-state index contributed by atoms with van der Waals surface area (Å²) >= 11 is 0. The molecule has 0 bridgehead atoms. The molecule has 16 heavy (non-hydrogen) atoms. The first-order valence-electron chi connectivity index (χ1n) is 5.70. The van der Waals surface area contributed by atoms with Crippen LogP contribution in [-0.4, -0.2) is 17.5 Å². The zero-order chi connectivity index (χ0) is 11.4. The molecule has 0 aliphatic carbocycles. The predicted octanol–water partition coefficient (Wildman–Crippen LogP) is 2.02. The Labute approximate surface area is 95.6 Å². The lowest BCUT2D eigenvalue weighted by atomic mass is 10.1. The van der Waals surface area contributed by atoms with Crippen molar-refractivity contribution in [3.63, 3.8) is 0 Å². The Kier molecular flexibility index (Phi) is 3.41. The van der Waals surface area contributed by atoms with E-state index in [2.05, 4.69) is 17.8 Å². The van der Waals surface area contributed by atoms with Crippen molar-refractivity contribution in [3.8, 4) is 0 Å². The fraction of sp³-hybridized carbons (Fsp3) is 0.417. The van der Waals surface area contributed by atoms with E-state index >= 15 is 0 Å². The number of benzene rings is 1. The largest absolute Gasteiger partial charge is 0.333 e. The third kappa shape index (κ3) is 2.17. The number of unbranched alkanes of at least 4 members (excludes halogenated alkanes) is 1. The number of carbonyl (C=O) groups excluding carboxylic acids is 1. The molecule has 0 aromatic heterocycles. The Morgan fingerprint density at radius 3 is 2.75 bits per heavy atom. The molecule has 4 nitrogen and oxygen atoms in total. The third-order valence-electron chi connectivity index (χ3n) is 2.76. The standard InChI is InChI=1S/C12H17N3O/c1-2-3-9-15-11(13-14-12(15)16)10-7-5-4-6-8-10/h4-8,11,13H,2-3,9H2,1H3,(H,14,16)/t11-/m1/s1. The highest BCUT2D eigenvalue weighted by Crippen LogP contribution is 2.21. The Hall–Kier alpha value is -1.55. The van der Waals surface area contributed by atoms with Crippen molar-refractivity contribution in [2.75, 3.05) is 6.54 Å². The van der Waals surface area contributed by atoms with Crippen molar-refractivity contribution in [3.05, 3.63) is 35.9 Å². The zero-order valence-corrected chi connectivity index (χ0v) is 9.44. The Morgan fingerprint density at radius 2 is 2.06 bits per heavy atom. The Balaban J connectivity index is 2.11. The van der Waals surface area contributed by atoms with Gasteiger partial charge in [-0.3, -0.25) is 5.43 Å². The van der Waals surface area contributed by atoms with Gasteiger partial charge in [0.2, 0.25) is 0 Å². The highest BCUT2D eigenvalue weighted by atomic mass is 16.2. The van der Waals surface area contributed by atoms with Crippen LogP contribution in [0.4, 0.5) is 4.79 Å². The monoisotopic (exact) mass is 219 g/mol. The first-order chi connectivity index (χ1) is 7.83. The van der Waals surface area contributed by atoms with Gasteiger partial charge in [-0.1, -0.05) is 43.7 Å². The molecule has 1 aliphatic heterocycles. The first-order valence-corrected chi connectivity index (χ1v) is 5.70. The second-order valence-electron chi connectivity index (χ2n) is 3.93. The highest BCUT2D eigenvalue weighted by Gasteiger charge is 2.30. The van der Waals surface area contributed by atoms with Gasteiger partial charge in [0.05, 0.1) is 0 Å². The van der Waals surface area contributed by atoms with Crippen molar-refractivity contribution in [1.29, 1.82) is 0 Å². The predicted molar refractivity (Wildman–Crippen MR) is 62.5 cm³/mol. The second kappa shape index (κ2) is 4.99. The molecule has 1 fully saturated rings. The number of hydrogen-bond donors (Lipinski definition) is 2. The second-order valence-corrected chi connectivity index (χ2v) is 3.93. The molecule has 1 heterocycles. The van der Waals surface area contributed by atoms with E-state index in [4.69, 9.17) is 0 Å². The number of hydrogen-bond acceptors (Lipinski definition) is 2. The summed E-state index contributed by atoms with van der Waals surface area (Å²) in [5.74, 6) is 0. The molecule has 1 saturated heterocycles. The average molecular weight is 219 g/mol. The summed E-state index contributed by atoms with van der Waals surface area (Å²) in [6, 6.07) is 9.95. The van der Waals surface area contributed by atoms with Crippen molar-refractivity contribution >= 4 is 6.03 Å². The highest BCUT2D eigenvalue weighted by molar-refractivity contribution is 5.76. The molecule has 1 aromatic carbocycles. The summed E-state index contributed by atoms with van der Waals surface area (Å²) in [4.78, 5) is 13.4. The van der Waals surface area contributed by atoms with Gasteiger partial charge >= 0.3 is 6.03 Å². The number of nitrogens with zero attached hydrogens (tertiary/aromatic N) is 1. The molecule has 4 heteroatoms. The van der Waals surface area contributed by atoms with Crippen molar-refractivity contribution in [2.24, 2.45) is 0 Å². The van der Waals surface area contributed by atoms with Crippen LogP contribution in [0.5, 0.6) is 0 Å². The van der Waals surface area contributed by atoms with Gasteiger partial charge in [0, 0.05) is 6.54 Å². The Bertz CT molecular complexity index is 353. The molecule has 0 unspecified atom stereocenters. The summed E-state index contributed by atoms with van der Waals surface area (Å²) in [7, 11) is 0. The zero-order valence-electron chi connectivity index (χ0n) is 9.44. The average Bonchev–Trinajstić information content (AvgIpc) is 2.69. The SMILES string of the molecule is CCCCN1C(=O)NN[C@H]1c1ccccc1.